The zero-order valence-corrected chi connectivity index (χ0v) is 16.5. The summed E-state index contributed by atoms with van der Waals surface area (Å²) >= 11 is 0. The van der Waals surface area contributed by atoms with Crippen molar-refractivity contribution < 1.29 is 24.5 Å². The van der Waals surface area contributed by atoms with Crippen molar-refractivity contribution in [1.29, 1.82) is 0 Å². The zero-order valence-electron chi connectivity index (χ0n) is 16.5. The van der Waals surface area contributed by atoms with E-state index < -0.39 is 0 Å². The maximum atomic E-state index is 12.5. The number of hydrogen-bond acceptors (Lipinski definition) is 5. The third-order valence-corrected chi connectivity index (χ3v) is 5.23. The molecule has 1 aliphatic rings. The minimum Gasteiger partial charge on any atom is -0.507 e. The van der Waals surface area contributed by atoms with Gasteiger partial charge in [0.2, 0.25) is 0 Å². The van der Waals surface area contributed by atoms with Crippen molar-refractivity contribution in [2.75, 3.05) is 6.61 Å². The van der Waals surface area contributed by atoms with Crippen LogP contribution in [0.2, 0.25) is 0 Å². The Balaban J connectivity index is 1.42. The molecular weight excluding hydrogens is 380 g/mol. The molecule has 1 saturated heterocycles. The molecule has 1 fully saturated rings. The molecule has 0 saturated carbocycles. The van der Waals surface area contributed by atoms with Crippen LogP contribution < -0.4 is 4.74 Å². The van der Waals surface area contributed by atoms with Crippen LogP contribution >= 0.6 is 0 Å². The number of aliphatic hydroxyl groups is 1. The van der Waals surface area contributed by atoms with E-state index in [1.807, 2.05) is 30.3 Å². The van der Waals surface area contributed by atoms with Gasteiger partial charge in [0.05, 0.1) is 17.8 Å². The van der Waals surface area contributed by atoms with Crippen LogP contribution in [0.5, 0.6) is 11.5 Å². The normalized spacial score (nSPS) is 18.7. The molecule has 30 heavy (non-hydrogen) atoms. The molecule has 0 aliphatic carbocycles. The number of carbonyl (C=O) groups is 1. The molecule has 2 N–H and O–H groups in total. The van der Waals surface area contributed by atoms with Gasteiger partial charge in [0, 0.05) is 24.7 Å². The highest BCUT2D eigenvalue weighted by atomic mass is 16.5. The van der Waals surface area contributed by atoms with Crippen molar-refractivity contribution in [3.63, 3.8) is 0 Å². The maximum absolute atomic E-state index is 12.5. The van der Waals surface area contributed by atoms with E-state index in [0.29, 0.717) is 37.4 Å². The molecule has 1 heterocycles. The summed E-state index contributed by atoms with van der Waals surface area (Å²) in [4.78, 5) is 12.5. The molecule has 0 spiro atoms. The SMILES string of the molecule is O=C(c1ccccc1)c1ccc(OCc2cccc(C3CC(O)CCO3)c2)cc1O. The van der Waals surface area contributed by atoms with E-state index in [1.165, 1.54) is 6.07 Å². The Hall–Kier alpha value is -3.15. The second-order valence-corrected chi connectivity index (χ2v) is 7.45. The largest absolute Gasteiger partial charge is 0.507 e. The molecule has 2 unspecified atom stereocenters. The van der Waals surface area contributed by atoms with Gasteiger partial charge in [-0.25, -0.2) is 0 Å². The number of phenolic OH excluding ortho intramolecular Hbond substituents is 1. The molecule has 1 aliphatic heterocycles. The van der Waals surface area contributed by atoms with Crippen molar-refractivity contribution in [2.24, 2.45) is 0 Å². The van der Waals surface area contributed by atoms with Crippen molar-refractivity contribution in [3.05, 3.63) is 95.1 Å². The van der Waals surface area contributed by atoms with Crippen LogP contribution in [0.4, 0.5) is 0 Å². The topological polar surface area (TPSA) is 76.0 Å². The molecule has 0 aromatic heterocycles. The fourth-order valence-electron chi connectivity index (χ4n) is 3.60. The number of aromatic hydroxyl groups is 1. The molecule has 2 atom stereocenters. The fraction of sp³-hybridized carbons (Fsp3) is 0.240. The van der Waals surface area contributed by atoms with Crippen molar-refractivity contribution >= 4 is 5.78 Å². The summed E-state index contributed by atoms with van der Waals surface area (Å²) in [5.74, 6) is 0.133. The summed E-state index contributed by atoms with van der Waals surface area (Å²) in [7, 11) is 0. The number of benzene rings is 3. The lowest BCUT2D eigenvalue weighted by atomic mass is 9.98. The van der Waals surface area contributed by atoms with Crippen molar-refractivity contribution in [3.8, 4) is 11.5 Å². The number of rotatable bonds is 6. The lowest BCUT2D eigenvalue weighted by Gasteiger charge is -2.27. The lowest BCUT2D eigenvalue weighted by Crippen LogP contribution is -2.23. The highest BCUT2D eigenvalue weighted by molar-refractivity contribution is 6.10. The second-order valence-electron chi connectivity index (χ2n) is 7.45. The van der Waals surface area contributed by atoms with Gasteiger partial charge in [-0.1, -0.05) is 48.5 Å². The number of hydrogen-bond donors (Lipinski definition) is 2. The average Bonchev–Trinajstić information content (AvgIpc) is 2.78. The Labute approximate surface area is 175 Å². The number of aliphatic hydroxyl groups excluding tert-OH is 1. The van der Waals surface area contributed by atoms with Crippen LogP contribution in [-0.4, -0.2) is 28.7 Å². The predicted molar refractivity (Wildman–Crippen MR) is 113 cm³/mol. The summed E-state index contributed by atoms with van der Waals surface area (Å²) in [6.07, 6.45) is 0.825. The fourth-order valence-corrected chi connectivity index (χ4v) is 3.60. The monoisotopic (exact) mass is 404 g/mol. The van der Waals surface area contributed by atoms with Gasteiger partial charge >= 0.3 is 0 Å². The van der Waals surface area contributed by atoms with Gasteiger partial charge in [0.1, 0.15) is 18.1 Å². The molecule has 3 aromatic rings. The van der Waals surface area contributed by atoms with E-state index in [1.54, 1.807) is 36.4 Å². The van der Waals surface area contributed by atoms with E-state index in [0.717, 1.165) is 11.1 Å². The molecule has 0 amide bonds. The summed E-state index contributed by atoms with van der Waals surface area (Å²) in [5, 5.41) is 20.2. The molecule has 5 heteroatoms. The Morgan fingerprint density at radius 3 is 2.63 bits per heavy atom. The first kappa shape index (κ1) is 20.1. The first-order valence-electron chi connectivity index (χ1n) is 10.0. The lowest BCUT2D eigenvalue weighted by molar-refractivity contribution is -0.0448. The van der Waals surface area contributed by atoms with Gasteiger partial charge in [0.15, 0.2) is 5.78 Å². The Morgan fingerprint density at radius 1 is 1.03 bits per heavy atom. The second kappa shape index (κ2) is 9.11. The van der Waals surface area contributed by atoms with E-state index in [9.17, 15) is 15.0 Å². The molecule has 5 nitrogen and oxygen atoms in total. The molecule has 0 bridgehead atoms. The van der Waals surface area contributed by atoms with Gasteiger partial charge in [-0.2, -0.15) is 0 Å². The number of carbonyl (C=O) groups excluding carboxylic acids is 1. The highest BCUT2D eigenvalue weighted by Gasteiger charge is 2.22. The van der Waals surface area contributed by atoms with Crippen molar-refractivity contribution in [1.82, 2.24) is 0 Å². The summed E-state index contributed by atoms with van der Waals surface area (Å²) in [6, 6.07) is 21.5. The average molecular weight is 404 g/mol. The first-order valence-corrected chi connectivity index (χ1v) is 10.0. The quantitative estimate of drug-likeness (QED) is 0.595. The van der Waals surface area contributed by atoms with Crippen LogP contribution in [0, 0.1) is 0 Å². The Morgan fingerprint density at radius 2 is 1.87 bits per heavy atom. The van der Waals surface area contributed by atoms with E-state index >= 15 is 0 Å². The molecule has 154 valence electrons. The Bertz CT molecular complexity index is 1020. The highest BCUT2D eigenvalue weighted by Crippen LogP contribution is 2.29. The number of ether oxygens (including phenoxy) is 2. The summed E-state index contributed by atoms with van der Waals surface area (Å²) < 4.78 is 11.6. The summed E-state index contributed by atoms with van der Waals surface area (Å²) in [6.45, 7) is 0.869. The molecule has 4 rings (SSSR count). The van der Waals surface area contributed by atoms with E-state index in [-0.39, 0.29) is 29.3 Å². The Kier molecular flexibility index (Phi) is 6.12. The number of phenols is 1. The van der Waals surface area contributed by atoms with Gasteiger partial charge in [-0.15, -0.1) is 0 Å². The standard InChI is InChI=1S/C25H24O5/c26-20-11-12-29-24(14-20)19-8-4-5-17(13-19)16-30-21-9-10-22(23(27)15-21)25(28)18-6-2-1-3-7-18/h1-10,13,15,20,24,26-27H,11-12,14,16H2. The van der Waals surface area contributed by atoms with Gasteiger partial charge in [0.25, 0.3) is 0 Å². The smallest absolute Gasteiger partial charge is 0.196 e. The molecular formula is C25H24O5. The first-order chi connectivity index (χ1) is 14.6. The molecule has 0 radical (unpaired) electrons. The third-order valence-electron chi connectivity index (χ3n) is 5.23. The van der Waals surface area contributed by atoms with Crippen LogP contribution in [0.15, 0.2) is 72.8 Å². The van der Waals surface area contributed by atoms with Gasteiger partial charge < -0.3 is 19.7 Å². The third kappa shape index (κ3) is 4.70. The zero-order chi connectivity index (χ0) is 20.9. The minimum atomic E-state index is -0.330. The molecule has 3 aromatic carbocycles. The van der Waals surface area contributed by atoms with Crippen LogP contribution in [0.3, 0.4) is 0 Å². The minimum absolute atomic E-state index is 0.110. The van der Waals surface area contributed by atoms with Crippen LogP contribution in [-0.2, 0) is 11.3 Å². The van der Waals surface area contributed by atoms with Crippen LogP contribution in [0.25, 0.3) is 0 Å². The predicted octanol–water partition coefficient (Wildman–Crippen LogP) is 4.41. The van der Waals surface area contributed by atoms with E-state index in [2.05, 4.69) is 0 Å². The maximum Gasteiger partial charge on any atom is 0.196 e. The van der Waals surface area contributed by atoms with Crippen LogP contribution in [0.1, 0.15) is 46.0 Å². The van der Waals surface area contributed by atoms with E-state index in [4.69, 9.17) is 9.47 Å². The number of ketones is 1. The van der Waals surface area contributed by atoms with Gasteiger partial charge in [-0.3, -0.25) is 4.79 Å². The van der Waals surface area contributed by atoms with Crippen molar-refractivity contribution in [2.45, 2.75) is 31.7 Å². The summed E-state index contributed by atoms with van der Waals surface area (Å²) in [5.41, 5.74) is 2.73. The van der Waals surface area contributed by atoms with Gasteiger partial charge in [-0.05, 0) is 35.7 Å².